The quantitative estimate of drug-likeness (QED) is 0.803. The highest BCUT2D eigenvalue weighted by atomic mass is 35.5. The Morgan fingerprint density at radius 2 is 2.00 bits per heavy atom. The third-order valence-corrected chi connectivity index (χ3v) is 2.63. The van der Waals surface area contributed by atoms with Crippen LogP contribution >= 0.6 is 11.6 Å². The normalized spacial score (nSPS) is 10.2. The van der Waals surface area contributed by atoms with E-state index in [1.807, 2.05) is 13.8 Å². The lowest BCUT2D eigenvalue weighted by atomic mass is 10.2. The van der Waals surface area contributed by atoms with Gasteiger partial charge in [0.2, 0.25) is 5.88 Å². The third kappa shape index (κ3) is 2.12. The summed E-state index contributed by atoms with van der Waals surface area (Å²) in [5, 5.41) is 8.11. The molecule has 2 rings (SSSR count). The molecule has 0 spiro atoms. The molecule has 0 unspecified atom stereocenters. The van der Waals surface area contributed by atoms with Gasteiger partial charge in [0.25, 0.3) is 0 Å². The fraction of sp³-hybridized carbons (Fsp3) is 0.182. The van der Waals surface area contributed by atoms with Gasteiger partial charge in [-0.25, -0.2) is 0 Å². The molecule has 5 heteroatoms. The molecule has 0 amide bonds. The predicted octanol–water partition coefficient (Wildman–Crippen LogP) is 2.93. The van der Waals surface area contributed by atoms with E-state index in [4.69, 9.17) is 16.3 Å². The van der Waals surface area contributed by atoms with Crippen LogP contribution in [-0.2, 0) is 0 Å². The van der Waals surface area contributed by atoms with Crippen molar-refractivity contribution >= 4 is 11.6 Å². The zero-order valence-corrected chi connectivity index (χ0v) is 9.69. The largest absolute Gasteiger partial charge is 0.436 e. The van der Waals surface area contributed by atoms with Gasteiger partial charge in [-0.1, -0.05) is 11.6 Å². The molecule has 0 aliphatic rings. The molecule has 0 aliphatic heterocycles. The smallest absolute Gasteiger partial charge is 0.242 e. The maximum absolute atomic E-state index is 5.85. The number of rotatable bonds is 2. The Kier molecular flexibility index (Phi) is 3.01. The minimum atomic E-state index is 0.399. The topological polar surface area (TPSA) is 47.9 Å². The van der Waals surface area contributed by atoms with E-state index in [-0.39, 0.29) is 0 Å². The average Bonchev–Trinajstić information content (AvgIpc) is 2.31. The monoisotopic (exact) mass is 235 g/mol. The summed E-state index contributed by atoms with van der Waals surface area (Å²) >= 11 is 5.85. The van der Waals surface area contributed by atoms with E-state index in [9.17, 15) is 0 Å². The number of aromatic nitrogens is 3. The maximum atomic E-state index is 5.85. The summed E-state index contributed by atoms with van der Waals surface area (Å²) in [5.41, 5.74) is 1.75. The molecule has 0 radical (unpaired) electrons. The molecule has 0 bridgehead atoms. The lowest BCUT2D eigenvalue weighted by molar-refractivity contribution is 0.448. The summed E-state index contributed by atoms with van der Waals surface area (Å²) in [4.78, 5) is 3.95. The van der Waals surface area contributed by atoms with Crippen LogP contribution in [0.25, 0.3) is 0 Å². The molecule has 16 heavy (non-hydrogen) atoms. The third-order valence-electron chi connectivity index (χ3n) is 2.27. The first kappa shape index (κ1) is 10.8. The number of halogens is 1. The highest BCUT2D eigenvalue weighted by Gasteiger charge is 2.09. The highest BCUT2D eigenvalue weighted by molar-refractivity contribution is 6.30. The molecule has 4 nitrogen and oxygen atoms in total. The average molecular weight is 236 g/mol. The predicted molar refractivity (Wildman–Crippen MR) is 60.8 cm³/mol. The van der Waals surface area contributed by atoms with Gasteiger partial charge in [-0.05, 0) is 31.5 Å². The Balaban J connectivity index is 2.33. The Morgan fingerprint density at radius 1 is 1.19 bits per heavy atom. The van der Waals surface area contributed by atoms with Crippen molar-refractivity contribution < 1.29 is 4.74 Å². The van der Waals surface area contributed by atoms with Crippen LogP contribution in [-0.4, -0.2) is 15.2 Å². The molecular formula is C11H10ClN3O. The molecule has 0 fully saturated rings. The molecule has 0 atom stereocenters. The maximum Gasteiger partial charge on any atom is 0.242 e. The van der Waals surface area contributed by atoms with E-state index in [1.54, 1.807) is 24.5 Å². The fourth-order valence-electron chi connectivity index (χ4n) is 1.17. The second kappa shape index (κ2) is 4.45. The van der Waals surface area contributed by atoms with E-state index in [0.29, 0.717) is 16.8 Å². The second-order valence-corrected chi connectivity index (χ2v) is 3.69. The molecule has 2 aromatic heterocycles. The SMILES string of the molecule is Cc1c(Cl)nnc(Oc2cccnc2)c1C. The zero-order chi connectivity index (χ0) is 11.5. The summed E-state index contributed by atoms with van der Waals surface area (Å²) < 4.78 is 5.55. The molecule has 0 saturated heterocycles. The van der Waals surface area contributed by atoms with Crippen LogP contribution < -0.4 is 4.74 Å². The summed E-state index contributed by atoms with van der Waals surface area (Å²) in [6, 6.07) is 3.60. The first-order chi connectivity index (χ1) is 7.68. The van der Waals surface area contributed by atoms with Gasteiger partial charge in [-0.2, -0.15) is 0 Å². The Bertz CT molecular complexity index is 502. The zero-order valence-electron chi connectivity index (χ0n) is 8.94. The van der Waals surface area contributed by atoms with Crippen molar-refractivity contribution in [3.8, 4) is 11.6 Å². The van der Waals surface area contributed by atoms with Gasteiger partial charge < -0.3 is 4.74 Å². The van der Waals surface area contributed by atoms with Crippen LogP contribution in [0.3, 0.4) is 0 Å². The minimum Gasteiger partial charge on any atom is -0.436 e. The van der Waals surface area contributed by atoms with Crippen LogP contribution in [0.1, 0.15) is 11.1 Å². The number of nitrogens with zero attached hydrogens (tertiary/aromatic N) is 3. The van der Waals surface area contributed by atoms with Gasteiger partial charge in [0, 0.05) is 11.8 Å². The van der Waals surface area contributed by atoms with Crippen molar-refractivity contribution in [3.05, 3.63) is 40.8 Å². The van der Waals surface area contributed by atoms with Crippen molar-refractivity contribution in [2.45, 2.75) is 13.8 Å². The number of hydrogen-bond donors (Lipinski definition) is 0. The van der Waals surface area contributed by atoms with Gasteiger partial charge in [-0.3, -0.25) is 4.98 Å². The van der Waals surface area contributed by atoms with Crippen LogP contribution in [0, 0.1) is 13.8 Å². The minimum absolute atomic E-state index is 0.399. The Labute approximate surface area is 98.3 Å². The van der Waals surface area contributed by atoms with E-state index in [1.165, 1.54) is 0 Å². The van der Waals surface area contributed by atoms with Gasteiger partial charge in [0.15, 0.2) is 5.15 Å². The lowest BCUT2D eigenvalue weighted by Crippen LogP contribution is -1.97. The van der Waals surface area contributed by atoms with Crippen molar-refractivity contribution in [2.24, 2.45) is 0 Å². The van der Waals surface area contributed by atoms with E-state index < -0.39 is 0 Å². The summed E-state index contributed by atoms with van der Waals surface area (Å²) in [7, 11) is 0. The van der Waals surface area contributed by atoms with Crippen molar-refractivity contribution in [3.63, 3.8) is 0 Å². The van der Waals surface area contributed by atoms with Gasteiger partial charge in [-0.15, -0.1) is 10.2 Å². The first-order valence-electron chi connectivity index (χ1n) is 4.75. The molecule has 82 valence electrons. The molecule has 2 heterocycles. The molecule has 0 aliphatic carbocycles. The van der Waals surface area contributed by atoms with E-state index >= 15 is 0 Å². The Morgan fingerprint density at radius 3 is 2.69 bits per heavy atom. The first-order valence-corrected chi connectivity index (χ1v) is 5.13. The van der Waals surface area contributed by atoms with Gasteiger partial charge in [0.1, 0.15) is 5.75 Å². The summed E-state index contributed by atoms with van der Waals surface area (Å²) in [6.07, 6.45) is 3.30. The standard InChI is InChI=1S/C11H10ClN3O/c1-7-8(2)11(15-14-10(7)12)16-9-4-3-5-13-6-9/h3-6H,1-2H3. The Hall–Kier alpha value is -1.68. The second-order valence-electron chi connectivity index (χ2n) is 3.34. The van der Waals surface area contributed by atoms with Gasteiger partial charge in [0.05, 0.1) is 6.20 Å². The van der Waals surface area contributed by atoms with Crippen molar-refractivity contribution in [2.75, 3.05) is 0 Å². The van der Waals surface area contributed by atoms with E-state index in [2.05, 4.69) is 15.2 Å². The molecule has 0 aromatic carbocycles. The fourth-order valence-corrected chi connectivity index (χ4v) is 1.35. The van der Waals surface area contributed by atoms with Crippen LogP contribution in [0.15, 0.2) is 24.5 Å². The molecule has 0 N–H and O–H groups in total. The molecule has 0 saturated carbocycles. The van der Waals surface area contributed by atoms with Crippen LogP contribution in [0.2, 0.25) is 5.15 Å². The summed E-state index contributed by atoms with van der Waals surface area (Å²) in [5.74, 6) is 1.08. The van der Waals surface area contributed by atoms with Crippen LogP contribution in [0.5, 0.6) is 11.6 Å². The lowest BCUT2D eigenvalue weighted by Gasteiger charge is -2.08. The van der Waals surface area contributed by atoms with Gasteiger partial charge >= 0.3 is 0 Å². The van der Waals surface area contributed by atoms with Crippen molar-refractivity contribution in [1.29, 1.82) is 0 Å². The molecule has 2 aromatic rings. The van der Waals surface area contributed by atoms with Crippen LogP contribution in [0.4, 0.5) is 0 Å². The van der Waals surface area contributed by atoms with E-state index in [0.717, 1.165) is 11.1 Å². The molecular weight excluding hydrogens is 226 g/mol. The van der Waals surface area contributed by atoms with Crippen molar-refractivity contribution in [1.82, 2.24) is 15.2 Å². The number of ether oxygens (including phenoxy) is 1. The summed E-state index contributed by atoms with van der Waals surface area (Å²) in [6.45, 7) is 3.77. The number of pyridine rings is 1. The number of hydrogen-bond acceptors (Lipinski definition) is 4. The highest BCUT2D eigenvalue weighted by Crippen LogP contribution is 2.26.